The summed E-state index contributed by atoms with van der Waals surface area (Å²) in [7, 11) is 0. The highest BCUT2D eigenvalue weighted by Crippen LogP contribution is 2.30. The summed E-state index contributed by atoms with van der Waals surface area (Å²) >= 11 is 13.4. The molecule has 0 saturated carbocycles. The van der Waals surface area contributed by atoms with Gasteiger partial charge in [-0.05, 0) is 47.9 Å². The smallest absolute Gasteiger partial charge is 0.0626 e. The zero-order valence-electron chi connectivity index (χ0n) is 8.91. The summed E-state index contributed by atoms with van der Waals surface area (Å²) in [6.45, 7) is 0. The van der Waals surface area contributed by atoms with E-state index in [9.17, 15) is 0 Å². The van der Waals surface area contributed by atoms with E-state index in [1.807, 2.05) is 30.3 Å². The van der Waals surface area contributed by atoms with Gasteiger partial charge >= 0.3 is 0 Å². The summed E-state index contributed by atoms with van der Waals surface area (Å²) < 4.78 is 2.06. The van der Waals surface area contributed by atoms with Crippen LogP contribution in [-0.2, 0) is 6.42 Å². The van der Waals surface area contributed by atoms with Crippen molar-refractivity contribution in [1.82, 2.24) is 4.98 Å². The minimum absolute atomic E-state index is 0.0359. The molecule has 1 unspecified atom stereocenters. The molecule has 0 N–H and O–H groups in total. The summed E-state index contributed by atoms with van der Waals surface area (Å²) in [4.78, 5) is 4.00. The third-order valence-corrected chi connectivity index (χ3v) is 3.73. The van der Waals surface area contributed by atoms with Crippen LogP contribution in [0.3, 0.4) is 0 Å². The molecule has 4 heteroatoms. The van der Waals surface area contributed by atoms with E-state index in [1.54, 1.807) is 12.4 Å². The van der Waals surface area contributed by atoms with Crippen molar-refractivity contribution < 1.29 is 0 Å². The van der Waals surface area contributed by atoms with Gasteiger partial charge in [0.25, 0.3) is 0 Å². The van der Waals surface area contributed by atoms with Crippen LogP contribution in [0.2, 0.25) is 0 Å². The second-order valence-corrected chi connectivity index (χ2v) is 6.09. The van der Waals surface area contributed by atoms with Crippen LogP contribution in [0.5, 0.6) is 0 Å². The molecule has 88 valence electrons. The van der Waals surface area contributed by atoms with E-state index in [4.69, 9.17) is 11.6 Å². The van der Waals surface area contributed by atoms with Crippen molar-refractivity contribution >= 4 is 43.5 Å². The lowest BCUT2D eigenvalue weighted by Crippen LogP contribution is -1.96. The van der Waals surface area contributed by atoms with Gasteiger partial charge in [-0.2, -0.15) is 0 Å². The molecule has 1 heterocycles. The van der Waals surface area contributed by atoms with E-state index < -0.39 is 0 Å². The number of nitrogens with zero attached hydrogens (tertiary/aromatic N) is 1. The van der Waals surface area contributed by atoms with Gasteiger partial charge in [-0.1, -0.05) is 31.9 Å². The number of pyridine rings is 1. The van der Waals surface area contributed by atoms with Crippen LogP contribution in [0.1, 0.15) is 16.5 Å². The molecule has 2 aromatic rings. The van der Waals surface area contributed by atoms with Crippen LogP contribution in [0.25, 0.3) is 0 Å². The maximum Gasteiger partial charge on any atom is 0.0626 e. The Morgan fingerprint density at radius 1 is 1.06 bits per heavy atom. The minimum Gasteiger partial charge on any atom is -0.265 e. The van der Waals surface area contributed by atoms with E-state index in [-0.39, 0.29) is 5.38 Å². The monoisotopic (exact) mass is 373 g/mol. The average molecular weight is 375 g/mol. The highest BCUT2D eigenvalue weighted by molar-refractivity contribution is 9.11. The largest absolute Gasteiger partial charge is 0.265 e. The van der Waals surface area contributed by atoms with Gasteiger partial charge in [0.15, 0.2) is 0 Å². The first-order valence-corrected chi connectivity index (χ1v) is 7.16. The molecule has 0 spiro atoms. The van der Waals surface area contributed by atoms with E-state index in [0.717, 1.165) is 20.9 Å². The lowest BCUT2D eigenvalue weighted by molar-refractivity contribution is 0.914. The number of halogens is 3. The molecule has 0 aliphatic heterocycles. The predicted octanol–water partition coefficient (Wildman–Crippen LogP) is 5.13. The zero-order valence-corrected chi connectivity index (χ0v) is 12.8. The highest BCUT2D eigenvalue weighted by atomic mass is 79.9. The van der Waals surface area contributed by atoms with Crippen LogP contribution in [0, 0.1) is 0 Å². The Morgan fingerprint density at radius 2 is 1.65 bits per heavy atom. The molecule has 1 aromatic carbocycles. The SMILES string of the molecule is ClC(Cc1ccncc1)c1cc(Br)cc(Br)c1. The van der Waals surface area contributed by atoms with Gasteiger partial charge in [0, 0.05) is 21.3 Å². The molecule has 1 nitrogen and oxygen atoms in total. The topological polar surface area (TPSA) is 12.9 Å². The van der Waals surface area contributed by atoms with E-state index >= 15 is 0 Å². The lowest BCUT2D eigenvalue weighted by atomic mass is 10.1. The molecule has 0 fully saturated rings. The first kappa shape index (κ1) is 13.1. The fourth-order valence-corrected chi connectivity index (χ4v) is 3.23. The van der Waals surface area contributed by atoms with Crippen molar-refractivity contribution in [3.8, 4) is 0 Å². The fourth-order valence-electron chi connectivity index (χ4n) is 1.60. The van der Waals surface area contributed by atoms with Gasteiger partial charge in [-0.15, -0.1) is 11.6 Å². The van der Waals surface area contributed by atoms with Crippen molar-refractivity contribution in [2.75, 3.05) is 0 Å². The summed E-state index contributed by atoms with van der Waals surface area (Å²) in [6, 6.07) is 10.1. The summed E-state index contributed by atoms with van der Waals surface area (Å²) in [5.41, 5.74) is 2.29. The Balaban J connectivity index is 2.17. The molecular formula is C13H10Br2ClN. The average Bonchev–Trinajstić information content (AvgIpc) is 2.29. The normalized spacial score (nSPS) is 12.4. The molecule has 0 radical (unpaired) electrons. The zero-order chi connectivity index (χ0) is 12.3. The molecule has 0 bridgehead atoms. The summed E-state index contributed by atoms with van der Waals surface area (Å²) in [6.07, 6.45) is 4.37. The van der Waals surface area contributed by atoms with Gasteiger partial charge in [-0.3, -0.25) is 4.98 Å². The van der Waals surface area contributed by atoms with Crippen LogP contribution >= 0.6 is 43.5 Å². The summed E-state index contributed by atoms with van der Waals surface area (Å²) in [5.74, 6) is 0. The molecule has 2 rings (SSSR count). The van der Waals surface area contributed by atoms with Gasteiger partial charge in [0.05, 0.1) is 5.38 Å². The Bertz CT molecular complexity index is 482. The van der Waals surface area contributed by atoms with Crippen LogP contribution in [0.4, 0.5) is 0 Å². The van der Waals surface area contributed by atoms with E-state index in [0.29, 0.717) is 0 Å². The molecule has 17 heavy (non-hydrogen) atoms. The molecule has 0 aliphatic carbocycles. The Kier molecular flexibility index (Phi) is 4.60. The van der Waals surface area contributed by atoms with Gasteiger partial charge in [0.1, 0.15) is 0 Å². The summed E-state index contributed by atoms with van der Waals surface area (Å²) in [5, 5.41) is -0.0359. The van der Waals surface area contributed by atoms with Gasteiger partial charge in [0.2, 0.25) is 0 Å². The molecule has 0 amide bonds. The molecular weight excluding hydrogens is 365 g/mol. The van der Waals surface area contributed by atoms with Crippen molar-refractivity contribution in [2.24, 2.45) is 0 Å². The highest BCUT2D eigenvalue weighted by Gasteiger charge is 2.10. The van der Waals surface area contributed by atoms with Crippen LogP contribution < -0.4 is 0 Å². The Morgan fingerprint density at radius 3 is 2.24 bits per heavy atom. The fraction of sp³-hybridized carbons (Fsp3) is 0.154. The van der Waals surface area contributed by atoms with Crippen molar-refractivity contribution in [3.05, 3.63) is 62.8 Å². The number of aromatic nitrogens is 1. The second-order valence-electron chi connectivity index (χ2n) is 3.73. The van der Waals surface area contributed by atoms with Crippen molar-refractivity contribution in [3.63, 3.8) is 0 Å². The minimum atomic E-state index is -0.0359. The number of rotatable bonds is 3. The van der Waals surface area contributed by atoms with Crippen molar-refractivity contribution in [1.29, 1.82) is 0 Å². The quantitative estimate of drug-likeness (QED) is 0.678. The second kappa shape index (κ2) is 5.98. The van der Waals surface area contributed by atoms with E-state index in [2.05, 4.69) is 36.8 Å². The van der Waals surface area contributed by atoms with Gasteiger partial charge in [-0.25, -0.2) is 0 Å². The van der Waals surface area contributed by atoms with Gasteiger partial charge < -0.3 is 0 Å². The maximum atomic E-state index is 6.42. The molecule has 0 aliphatic rings. The number of hydrogen-bond acceptors (Lipinski definition) is 1. The first-order chi connectivity index (χ1) is 8.15. The van der Waals surface area contributed by atoms with Crippen LogP contribution in [-0.4, -0.2) is 4.98 Å². The molecule has 0 saturated heterocycles. The molecule has 1 aromatic heterocycles. The third-order valence-electron chi connectivity index (χ3n) is 2.41. The number of hydrogen-bond donors (Lipinski definition) is 0. The Hall–Kier alpha value is -0.380. The maximum absolute atomic E-state index is 6.42. The Labute approximate surface area is 122 Å². The number of benzene rings is 1. The predicted molar refractivity (Wildman–Crippen MR) is 78.4 cm³/mol. The molecule has 1 atom stereocenters. The number of alkyl halides is 1. The lowest BCUT2D eigenvalue weighted by Gasteiger charge is -2.11. The first-order valence-electron chi connectivity index (χ1n) is 5.14. The standard InChI is InChI=1S/C13H10Br2ClN/c14-11-6-10(7-12(15)8-11)13(16)5-9-1-3-17-4-2-9/h1-4,6-8,13H,5H2. The van der Waals surface area contributed by atoms with E-state index in [1.165, 1.54) is 5.56 Å². The van der Waals surface area contributed by atoms with Crippen LogP contribution in [0.15, 0.2) is 51.7 Å². The van der Waals surface area contributed by atoms with Crippen molar-refractivity contribution in [2.45, 2.75) is 11.8 Å². The third kappa shape index (κ3) is 3.80.